The number of methoxy groups -OCH3 is 1. The van der Waals surface area contributed by atoms with Gasteiger partial charge in [0.15, 0.2) is 17.7 Å². The minimum atomic E-state index is -0.472. The van der Waals surface area contributed by atoms with E-state index in [1.165, 1.54) is 19.2 Å². The van der Waals surface area contributed by atoms with Gasteiger partial charge in [0, 0.05) is 13.0 Å². The van der Waals surface area contributed by atoms with Crippen molar-refractivity contribution in [2.24, 2.45) is 5.16 Å². The van der Waals surface area contributed by atoms with Gasteiger partial charge < -0.3 is 29.5 Å². The van der Waals surface area contributed by atoms with Crippen molar-refractivity contribution in [3.05, 3.63) is 52.9 Å². The number of aliphatic hydroxyl groups excluding tert-OH is 1. The van der Waals surface area contributed by atoms with Crippen LogP contribution < -0.4 is 10.1 Å². The fourth-order valence-corrected chi connectivity index (χ4v) is 3.54. The van der Waals surface area contributed by atoms with Crippen LogP contribution >= 0.6 is 0 Å². The fourth-order valence-electron chi connectivity index (χ4n) is 3.54. The largest absolute Gasteiger partial charge is 0.494 e. The summed E-state index contributed by atoms with van der Waals surface area (Å²) in [7, 11) is 1.38. The molecular weight excluding hydrogens is 435 g/mol. The maximum Gasteiger partial charge on any atom is 0.270 e. The Bertz CT molecular complexity index is 1040. The minimum absolute atomic E-state index is 0.0975. The molecule has 1 unspecified atom stereocenters. The quantitative estimate of drug-likeness (QED) is 0.630. The number of amides is 1. The lowest BCUT2D eigenvalue weighted by atomic mass is 10.0. The van der Waals surface area contributed by atoms with Gasteiger partial charge in [-0.2, -0.15) is 0 Å². The molecule has 4 rings (SSSR count). The van der Waals surface area contributed by atoms with Gasteiger partial charge in [-0.25, -0.2) is 14.4 Å². The van der Waals surface area contributed by atoms with E-state index in [1.807, 2.05) is 0 Å². The van der Waals surface area contributed by atoms with Gasteiger partial charge in [0.25, 0.3) is 5.91 Å². The third-order valence-corrected chi connectivity index (χ3v) is 5.34. The number of benzene rings is 1. The number of rotatable bonds is 7. The molecule has 176 valence electrons. The number of nitrogens with one attached hydrogen (secondary N) is 1. The Kier molecular flexibility index (Phi) is 7.11. The molecule has 11 heteroatoms. The Hall–Kier alpha value is -3.15. The van der Waals surface area contributed by atoms with Crippen LogP contribution in [0.15, 0.2) is 29.4 Å². The van der Waals surface area contributed by atoms with Crippen LogP contribution in [0, 0.1) is 12.7 Å². The minimum Gasteiger partial charge on any atom is -0.494 e. The lowest BCUT2D eigenvalue weighted by Gasteiger charge is -2.30. The van der Waals surface area contributed by atoms with E-state index in [0.29, 0.717) is 35.8 Å². The SMILES string of the molecule is COc1cc(CNC(=O)c2cc(C3=NO[C@@H](C4CO[C@@H](CO)CO4)C3)nc(C)n2)ccc1F. The molecule has 3 heterocycles. The number of ether oxygens (including phenoxy) is 3. The second-order valence-corrected chi connectivity index (χ2v) is 7.73. The number of aromatic nitrogens is 2. The van der Waals surface area contributed by atoms with Crippen molar-refractivity contribution in [1.82, 2.24) is 15.3 Å². The van der Waals surface area contributed by atoms with E-state index in [0.717, 1.165) is 0 Å². The standard InChI is InChI=1S/C22H25FN4O6/c1-12-25-16(17-7-20(33-27-17)21-11-31-14(9-28)10-32-21)6-18(26-12)22(29)24-8-13-3-4-15(23)19(5-13)30-2/h3-6,14,20-21,28H,7-11H2,1-2H3,(H,24,29)/t14-,20+,21?/m0/s1. The second kappa shape index (κ2) is 10.2. The van der Waals surface area contributed by atoms with Gasteiger partial charge in [-0.1, -0.05) is 11.2 Å². The maximum atomic E-state index is 13.6. The monoisotopic (exact) mass is 460 g/mol. The van der Waals surface area contributed by atoms with Crippen LogP contribution in [0.1, 0.15) is 34.0 Å². The van der Waals surface area contributed by atoms with Gasteiger partial charge in [-0.15, -0.1) is 0 Å². The molecule has 0 spiro atoms. The average molecular weight is 460 g/mol. The molecule has 2 aromatic rings. The molecular formula is C22H25FN4O6. The Morgan fingerprint density at radius 1 is 1.24 bits per heavy atom. The third-order valence-electron chi connectivity index (χ3n) is 5.34. The summed E-state index contributed by atoms with van der Waals surface area (Å²) in [5.74, 6) is -0.356. The van der Waals surface area contributed by atoms with E-state index in [1.54, 1.807) is 19.1 Å². The molecule has 3 atom stereocenters. The molecule has 33 heavy (non-hydrogen) atoms. The van der Waals surface area contributed by atoms with Crippen LogP contribution in [0.25, 0.3) is 0 Å². The van der Waals surface area contributed by atoms with E-state index in [4.69, 9.17) is 24.2 Å². The van der Waals surface area contributed by atoms with Crippen LogP contribution in [0.5, 0.6) is 5.75 Å². The molecule has 1 saturated heterocycles. The van der Waals surface area contributed by atoms with Gasteiger partial charge in [0.05, 0.1) is 32.6 Å². The van der Waals surface area contributed by atoms with Crippen molar-refractivity contribution < 1.29 is 33.3 Å². The first-order chi connectivity index (χ1) is 16.0. The highest BCUT2D eigenvalue weighted by Gasteiger charge is 2.35. The van der Waals surface area contributed by atoms with Crippen LogP contribution in [-0.4, -0.2) is 71.9 Å². The van der Waals surface area contributed by atoms with Crippen LogP contribution in [0.3, 0.4) is 0 Å². The number of aryl methyl sites for hydroxylation is 1. The smallest absolute Gasteiger partial charge is 0.270 e. The number of carbonyl (C=O) groups is 1. The van der Waals surface area contributed by atoms with Gasteiger partial charge in [0.2, 0.25) is 0 Å². The lowest BCUT2D eigenvalue weighted by Crippen LogP contribution is -2.43. The molecule has 1 fully saturated rings. The highest BCUT2D eigenvalue weighted by molar-refractivity contribution is 6.02. The molecule has 1 aromatic carbocycles. The zero-order valence-electron chi connectivity index (χ0n) is 18.3. The predicted octanol–water partition coefficient (Wildman–Crippen LogP) is 1.13. The number of oxime groups is 1. The van der Waals surface area contributed by atoms with Crippen molar-refractivity contribution in [2.45, 2.75) is 38.2 Å². The Labute approximate surface area is 189 Å². The summed E-state index contributed by atoms with van der Waals surface area (Å²) in [5, 5.41) is 16.0. The second-order valence-electron chi connectivity index (χ2n) is 7.73. The molecule has 2 N–H and O–H groups in total. The van der Waals surface area contributed by atoms with Crippen LogP contribution in [0.4, 0.5) is 4.39 Å². The predicted molar refractivity (Wildman–Crippen MR) is 113 cm³/mol. The van der Waals surface area contributed by atoms with Crippen molar-refractivity contribution in [2.75, 3.05) is 26.9 Å². The van der Waals surface area contributed by atoms with Crippen molar-refractivity contribution in [3.8, 4) is 5.75 Å². The van der Waals surface area contributed by atoms with Crippen molar-refractivity contribution in [3.63, 3.8) is 0 Å². The normalized spacial score (nSPS) is 22.4. The van der Waals surface area contributed by atoms with Crippen molar-refractivity contribution in [1.29, 1.82) is 0 Å². The number of carbonyl (C=O) groups excluding carboxylic acids is 1. The summed E-state index contributed by atoms with van der Waals surface area (Å²) in [6.45, 7) is 2.34. The van der Waals surface area contributed by atoms with Gasteiger partial charge in [-0.05, 0) is 30.7 Å². The van der Waals surface area contributed by atoms with Gasteiger partial charge >= 0.3 is 0 Å². The summed E-state index contributed by atoms with van der Waals surface area (Å²) in [5.41, 5.74) is 1.93. The van der Waals surface area contributed by atoms with Crippen molar-refractivity contribution >= 4 is 11.6 Å². The number of hydrogen-bond acceptors (Lipinski definition) is 9. The average Bonchev–Trinajstić information content (AvgIpc) is 3.33. The highest BCUT2D eigenvalue weighted by atomic mass is 19.1. The molecule has 1 amide bonds. The highest BCUT2D eigenvalue weighted by Crippen LogP contribution is 2.23. The Morgan fingerprint density at radius 2 is 2.09 bits per heavy atom. The first-order valence-electron chi connectivity index (χ1n) is 10.5. The molecule has 0 aliphatic carbocycles. The summed E-state index contributed by atoms with van der Waals surface area (Å²) >= 11 is 0. The molecule has 2 aliphatic heterocycles. The molecule has 1 aromatic heterocycles. The maximum absolute atomic E-state index is 13.6. The van der Waals surface area contributed by atoms with Gasteiger partial charge in [-0.3, -0.25) is 4.79 Å². The summed E-state index contributed by atoms with van der Waals surface area (Å²) in [6, 6.07) is 5.93. The summed E-state index contributed by atoms with van der Waals surface area (Å²) in [6.07, 6.45) is -0.553. The third kappa shape index (κ3) is 5.44. The topological polar surface area (TPSA) is 124 Å². The lowest BCUT2D eigenvalue weighted by molar-refractivity contribution is -0.178. The molecule has 0 saturated carbocycles. The summed E-state index contributed by atoms with van der Waals surface area (Å²) < 4.78 is 29.8. The zero-order valence-corrected chi connectivity index (χ0v) is 18.3. The fraction of sp³-hybridized carbons (Fsp3) is 0.455. The van der Waals surface area contributed by atoms with E-state index in [-0.39, 0.29) is 49.5 Å². The molecule has 10 nitrogen and oxygen atoms in total. The molecule has 0 radical (unpaired) electrons. The van der Waals surface area contributed by atoms with Crippen LogP contribution in [-0.2, 0) is 20.9 Å². The number of hydrogen-bond donors (Lipinski definition) is 2. The van der Waals surface area contributed by atoms with Gasteiger partial charge in [0.1, 0.15) is 29.4 Å². The Balaban J connectivity index is 1.39. The molecule has 2 aliphatic rings. The first kappa shape index (κ1) is 23.0. The molecule has 0 bridgehead atoms. The van der Waals surface area contributed by atoms with E-state index in [9.17, 15) is 9.18 Å². The zero-order chi connectivity index (χ0) is 23.4. The summed E-state index contributed by atoms with van der Waals surface area (Å²) in [4.78, 5) is 26.8. The number of halogens is 1. The number of nitrogens with zero attached hydrogens (tertiary/aromatic N) is 3. The first-order valence-corrected chi connectivity index (χ1v) is 10.5. The number of aliphatic hydroxyl groups is 1. The Morgan fingerprint density at radius 3 is 2.82 bits per heavy atom. The van der Waals surface area contributed by atoms with E-state index < -0.39 is 11.7 Å². The van der Waals surface area contributed by atoms with E-state index in [2.05, 4.69) is 20.4 Å². The van der Waals surface area contributed by atoms with E-state index >= 15 is 0 Å². The van der Waals surface area contributed by atoms with Crippen LogP contribution in [0.2, 0.25) is 0 Å².